The number of benzene rings is 1. The Morgan fingerprint density at radius 3 is 2.55 bits per heavy atom. The summed E-state index contributed by atoms with van der Waals surface area (Å²) in [6.07, 6.45) is 2.11. The van der Waals surface area contributed by atoms with Gasteiger partial charge in [0.05, 0.1) is 11.8 Å². The van der Waals surface area contributed by atoms with E-state index in [1.807, 2.05) is 0 Å². The van der Waals surface area contributed by atoms with Crippen molar-refractivity contribution < 1.29 is 19.1 Å². The third-order valence-electron chi connectivity index (χ3n) is 4.34. The van der Waals surface area contributed by atoms with Crippen molar-refractivity contribution in [3.05, 3.63) is 35.6 Å². The van der Waals surface area contributed by atoms with Crippen LogP contribution in [0.2, 0.25) is 0 Å². The molecule has 20 heavy (non-hydrogen) atoms. The number of nitrogens with one attached hydrogen (secondary N) is 1. The second kappa shape index (κ2) is 4.58. The molecule has 2 aliphatic rings. The summed E-state index contributed by atoms with van der Waals surface area (Å²) >= 11 is 0. The molecule has 2 aliphatic carbocycles. The highest BCUT2D eigenvalue weighted by Gasteiger charge is 2.50. The highest BCUT2D eigenvalue weighted by molar-refractivity contribution is 5.89. The molecule has 5 heteroatoms. The molecule has 0 radical (unpaired) electrons. The van der Waals surface area contributed by atoms with E-state index in [1.165, 1.54) is 6.07 Å². The number of hydrogen-bond donors (Lipinski definition) is 2. The minimum absolute atomic E-state index is 0.222. The normalized spacial score (nSPS) is 25.9. The number of carbonyl (C=O) groups excluding carboxylic acids is 1. The van der Waals surface area contributed by atoms with Crippen LogP contribution in [-0.2, 0) is 15.0 Å². The van der Waals surface area contributed by atoms with Crippen LogP contribution in [0.3, 0.4) is 0 Å². The van der Waals surface area contributed by atoms with Gasteiger partial charge in [-0.25, -0.2) is 4.39 Å². The summed E-state index contributed by atoms with van der Waals surface area (Å²) in [6.45, 7) is 0.385. The molecule has 0 aromatic heterocycles. The van der Waals surface area contributed by atoms with Crippen LogP contribution >= 0.6 is 0 Å². The van der Waals surface area contributed by atoms with Crippen molar-refractivity contribution in [1.29, 1.82) is 0 Å². The standard InChI is InChI=1S/C15H16FNO3/c16-12-4-2-1-3-11(12)15(5-6-15)8-17-13(18)9-7-10(9)14(19)20/h1-4,9-10H,5-8H2,(H,17,18)(H,19,20)/t9-,10-/m0/s1. The van der Waals surface area contributed by atoms with Crippen LogP contribution in [-0.4, -0.2) is 23.5 Å². The van der Waals surface area contributed by atoms with E-state index in [0.29, 0.717) is 18.5 Å². The number of rotatable bonds is 5. The SMILES string of the molecule is O=C(O)[C@H]1C[C@@H]1C(=O)NCC1(c2ccccc2F)CC1. The molecule has 0 spiro atoms. The summed E-state index contributed by atoms with van der Waals surface area (Å²) < 4.78 is 13.8. The molecule has 2 fully saturated rings. The van der Waals surface area contributed by atoms with E-state index in [2.05, 4.69) is 5.32 Å². The maximum absolute atomic E-state index is 13.8. The zero-order valence-electron chi connectivity index (χ0n) is 10.9. The maximum atomic E-state index is 13.8. The first kappa shape index (κ1) is 13.1. The molecule has 1 aromatic carbocycles. The quantitative estimate of drug-likeness (QED) is 0.860. The number of hydrogen-bond acceptors (Lipinski definition) is 2. The molecular formula is C15H16FNO3. The van der Waals surface area contributed by atoms with Crippen molar-refractivity contribution in [3.63, 3.8) is 0 Å². The van der Waals surface area contributed by atoms with Gasteiger partial charge in [-0.05, 0) is 30.9 Å². The molecule has 2 N–H and O–H groups in total. The summed E-state index contributed by atoms with van der Waals surface area (Å²) in [5, 5.41) is 11.6. The van der Waals surface area contributed by atoms with Gasteiger partial charge >= 0.3 is 5.97 Å². The van der Waals surface area contributed by atoms with Gasteiger partial charge in [-0.15, -0.1) is 0 Å². The van der Waals surface area contributed by atoms with Crippen LogP contribution in [0.5, 0.6) is 0 Å². The van der Waals surface area contributed by atoms with E-state index in [1.54, 1.807) is 18.2 Å². The molecule has 0 bridgehead atoms. The van der Waals surface area contributed by atoms with Gasteiger partial charge in [0.25, 0.3) is 0 Å². The lowest BCUT2D eigenvalue weighted by molar-refractivity contribution is -0.140. The Kier molecular flexibility index (Phi) is 3.00. The van der Waals surface area contributed by atoms with Crippen molar-refractivity contribution >= 4 is 11.9 Å². The summed E-state index contributed by atoms with van der Waals surface area (Å²) in [5.74, 6) is -2.34. The Bertz CT molecular complexity index is 568. The van der Waals surface area contributed by atoms with E-state index in [-0.39, 0.29) is 17.1 Å². The van der Waals surface area contributed by atoms with Gasteiger partial charge in [-0.2, -0.15) is 0 Å². The van der Waals surface area contributed by atoms with Crippen LogP contribution in [0.4, 0.5) is 4.39 Å². The highest BCUT2D eigenvalue weighted by atomic mass is 19.1. The largest absolute Gasteiger partial charge is 0.481 e. The molecule has 3 rings (SSSR count). The molecular weight excluding hydrogens is 261 g/mol. The molecule has 2 atom stereocenters. The minimum Gasteiger partial charge on any atom is -0.481 e. The topological polar surface area (TPSA) is 66.4 Å². The maximum Gasteiger partial charge on any atom is 0.307 e. The zero-order chi connectivity index (χ0) is 14.3. The lowest BCUT2D eigenvalue weighted by atomic mass is 9.95. The molecule has 1 amide bonds. The monoisotopic (exact) mass is 277 g/mol. The lowest BCUT2D eigenvalue weighted by Crippen LogP contribution is -2.34. The van der Waals surface area contributed by atoms with Crippen LogP contribution in [0.15, 0.2) is 24.3 Å². The Labute approximate surface area is 116 Å². The molecule has 0 aliphatic heterocycles. The van der Waals surface area contributed by atoms with Crippen LogP contribution < -0.4 is 5.32 Å². The number of carboxylic acids is 1. The van der Waals surface area contributed by atoms with E-state index >= 15 is 0 Å². The first-order chi connectivity index (χ1) is 9.53. The van der Waals surface area contributed by atoms with Crippen LogP contribution in [0.1, 0.15) is 24.8 Å². The van der Waals surface area contributed by atoms with Crippen molar-refractivity contribution in [2.75, 3.05) is 6.54 Å². The Hall–Kier alpha value is -1.91. The van der Waals surface area contributed by atoms with E-state index in [4.69, 9.17) is 5.11 Å². The summed E-state index contributed by atoms with van der Waals surface area (Å²) in [4.78, 5) is 22.6. The third kappa shape index (κ3) is 2.28. The van der Waals surface area contributed by atoms with Gasteiger partial charge in [0.2, 0.25) is 5.91 Å². The number of amides is 1. The summed E-state index contributed by atoms with van der Waals surface area (Å²) in [5.41, 5.74) is 0.347. The smallest absolute Gasteiger partial charge is 0.307 e. The lowest BCUT2D eigenvalue weighted by Gasteiger charge is -2.17. The van der Waals surface area contributed by atoms with Crippen molar-refractivity contribution in [1.82, 2.24) is 5.32 Å². The second-order valence-corrected chi connectivity index (χ2v) is 5.76. The van der Waals surface area contributed by atoms with Gasteiger partial charge < -0.3 is 10.4 Å². The minimum atomic E-state index is -0.916. The van der Waals surface area contributed by atoms with Gasteiger partial charge in [-0.3, -0.25) is 9.59 Å². The van der Waals surface area contributed by atoms with Gasteiger partial charge in [0.1, 0.15) is 5.82 Å². The Balaban J connectivity index is 1.60. The molecule has 0 saturated heterocycles. The molecule has 106 valence electrons. The summed E-state index contributed by atoms with van der Waals surface area (Å²) in [7, 11) is 0. The van der Waals surface area contributed by atoms with Gasteiger partial charge in [0, 0.05) is 12.0 Å². The van der Waals surface area contributed by atoms with Crippen LogP contribution in [0, 0.1) is 17.7 Å². The number of carboxylic acid groups (broad SMARTS) is 1. The summed E-state index contributed by atoms with van der Waals surface area (Å²) in [6, 6.07) is 6.63. The average molecular weight is 277 g/mol. The van der Waals surface area contributed by atoms with Crippen molar-refractivity contribution in [2.45, 2.75) is 24.7 Å². The number of carbonyl (C=O) groups is 2. The second-order valence-electron chi connectivity index (χ2n) is 5.76. The Morgan fingerprint density at radius 2 is 2.00 bits per heavy atom. The third-order valence-corrected chi connectivity index (χ3v) is 4.34. The first-order valence-corrected chi connectivity index (χ1v) is 6.79. The molecule has 2 saturated carbocycles. The zero-order valence-corrected chi connectivity index (χ0v) is 10.9. The fraction of sp³-hybridized carbons (Fsp3) is 0.467. The molecule has 0 unspecified atom stereocenters. The highest BCUT2D eigenvalue weighted by Crippen LogP contribution is 2.48. The van der Waals surface area contributed by atoms with E-state index in [9.17, 15) is 14.0 Å². The molecule has 0 heterocycles. The van der Waals surface area contributed by atoms with Gasteiger partial charge in [-0.1, -0.05) is 18.2 Å². The first-order valence-electron chi connectivity index (χ1n) is 6.79. The van der Waals surface area contributed by atoms with Crippen molar-refractivity contribution in [3.8, 4) is 0 Å². The fourth-order valence-corrected chi connectivity index (χ4v) is 2.73. The van der Waals surface area contributed by atoms with Crippen molar-refractivity contribution in [2.24, 2.45) is 11.8 Å². The molecule has 1 aromatic rings. The number of halogens is 1. The van der Waals surface area contributed by atoms with E-state index in [0.717, 1.165) is 12.8 Å². The fourth-order valence-electron chi connectivity index (χ4n) is 2.73. The average Bonchev–Trinajstić information content (AvgIpc) is 3.30. The van der Waals surface area contributed by atoms with Gasteiger partial charge in [0.15, 0.2) is 0 Å². The van der Waals surface area contributed by atoms with Crippen LogP contribution in [0.25, 0.3) is 0 Å². The Morgan fingerprint density at radius 1 is 1.30 bits per heavy atom. The molecule has 4 nitrogen and oxygen atoms in total. The van der Waals surface area contributed by atoms with E-state index < -0.39 is 17.8 Å². The number of aliphatic carboxylic acids is 1. The predicted molar refractivity (Wildman–Crippen MR) is 69.6 cm³/mol. The predicted octanol–water partition coefficient (Wildman–Crippen LogP) is 1.69.